The molecular weight excluding hydrogens is 192 g/mol. The van der Waals surface area contributed by atoms with E-state index in [1.165, 1.54) is 0 Å². The van der Waals surface area contributed by atoms with Gasteiger partial charge in [-0.25, -0.2) is 0 Å². The molecule has 2 unspecified atom stereocenters. The Hall–Kier alpha value is -0.570. The van der Waals surface area contributed by atoms with Gasteiger partial charge in [-0.05, 0) is 30.6 Å². The minimum atomic E-state index is -0.995. The molecule has 2 rings (SSSR count). The van der Waals surface area contributed by atoms with Gasteiger partial charge >= 0.3 is 5.97 Å². The Kier molecular flexibility index (Phi) is 2.01. The summed E-state index contributed by atoms with van der Waals surface area (Å²) >= 11 is 0. The van der Waals surface area contributed by atoms with Crippen molar-refractivity contribution < 1.29 is 15.0 Å². The van der Waals surface area contributed by atoms with Gasteiger partial charge in [0.2, 0.25) is 0 Å². The highest BCUT2D eigenvalue weighted by Gasteiger charge is 2.68. The van der Waals surface area contributed by atoms with Gasteiger partial charge in [0.05, 0.1) is 12.0 Å². The molecule has 2 saturated carbocycles. The average Bonchev–Trinajstić information content (AvgIpc) is 2.34. The SMILES string of the molecule is CC1(C)C2CCC1(C)[C@](O)(CC(=O)O)C2. The van der Waals surface area contributed by atoms with Crippen LogP contribution in [-0.2, 0) is 4.79 Å². The molecule has 0 aliphatic heterocycles. The molecule has 0 radical (unpaired) electrons. The summed E-state index contributed by atoms with van der Waals surface area (Å²) in [5, 5.41) is 19.5. The quantitative estimate of drug-likeness (QED) is 0.736. The molecular formula is C12H20O3. The normalized spacial score (nSPS) is 47.1. The lowest BCUT2D eigenvalue weighted by atomic mass is 9.63. The maximum atomic E-state index is 10.8. The third-order valence-corrected chi connectivity index (χ3v) is 5.49. The molecule has 2 N–H and O–H groups in total. The van der Waals surface area contributed by atoms with Crippen LogP contribution in [0.5, 0.6) is 0 Å². The molecule has 3 nitrogen and oxygen atoms in total. The summed E-state index contributed by atoms with van der Waals surface area (Å²) in [5.74, 6) is -0.408. The van der Waals surface area contributed by atoms with Crippen LogP contribution in [0.2, 0.25) is 0 Å². The first kappa shape index (κ1) is 10.9. The number of aliphatic hydroxyl groups is 1. The third-order valence-electron chi connectivity index (χ3n) is 5.49. The summed E-state index contributed by atoms with van der Waals surface area (Å²) in [4.78, 5) is 10.8. The van der Waals surface area contributed by atoms with Crippen LogP contribution >= 0.6 is 0 Å². The summed E-state index contributed by atoms with van der Waals surface area (Å²) in [7, 11) is 0. The van der Waals surface area contributed by atoms with E-state index in [4.69, 9.17) is 5.11 Å². The molecule has 0 aromatic rings. The van der Waals surface area contributed by atoms with Crippen molar-refractivity contribution in [2.45, 2.75) is 52.1 Å². The molecule has 0 spiro atoms. The second-order valence-electron chi connectivity index (χ2n) is 6.10. The maximum absolute atomic E-state index is 10.8. The number of carbonyl (C=O) groups is 1. The highest BCUT2D eigenvalue weighted by atomic mass is 16.4. The van der Waals surface area contributed by atoms with Gasteiger partial charge in [0, 0.05) is 5.41 Å². The van der Waals surface area contributed by atoms with Crippen molar-refractivity contribution in [1.29, 1.82) is 0 Å². The van der Waals surface area contributed by atoms with E-state index in [-0.39, 0.29) is 17.3 Å². The van der Waals surface area contributed by atoms with E-state index in [0.717, 1.165) is 12.8 Å². The van der Waals surface area contributed by atoms with E-state index in [2.05, 4.69) is 20.8 Å². The molecule has 86 valence electrons. The van der Waals surface area contributed by atoms with Crippen molar-refractivity contribution in [3.63, 3.8) is 0 Å². The van der Waals surface area contributed by atoms with E-state index in [0.29, 0.717) is 12.3 Å². The lowest BCUT2D eigenvalue weighted by molar-refractivity contribution is -0.152. The molecule has 2 aliphatic carbocycles. The van der Waals surface area contributed by atoms with E-state index < -0.39 is 11.6 Å². The van der Waals surface area contributed by atoms with Crippen LogP contribution in [0.3, 0.4) is 0 Å². The summed E-state index contributed by atoms with van der Waals surface area (Å²) in [6.07, 6.45) is 2.63. The number of carboxylic acids is 1. The minimum absolute atomic E-state index is 0.0667. The van der Waals surface area contributed by atoms with Crippen LogP contribution in [0, 0.1) is 16.7 Å². The molecule has 2 aliphatic rings. The Morgan fingerprint density at radius 2 is 2.00 bits per heavy atom. The standard InChI is InChI=1S/C12H20O3/c1-10(2)8-4-5-11(10,3)12(15,6-8)7-9(13)14/h8,15H,4-7H2,1-3H3,(H,13,14)/t8?,11?,12-/m1/s1. The fraction of sp³-hybridized carbons (Fsp3) is 0.917. The van der Waals surface area contributed by atoms with Crippen LogP contribution in [-0.4, -0.2) is 21.8 Å². The van der Waals surface area contributed by atoms with Crippen LogP contribution in [0.4, 0.5) is 0 Å². The summed E-state index contributed by atoms with van der Waals surface area (Å²) < 4.78 is 0. The molecule has 15 heavy (non-hydrogen) atoms. The van der Waals surface area contributed by atoms with Crippen molar-refractivity contribution >= 4 is 5.97 Å². The number of fused-ring (bicyclic) bond motifs is 2. The molecule has 0 amide bonds. The molecule has 2 fully saturated rings. The van der Waals surface area contributed by atoms with Gasteiger partial charge in [-0.2, -0.15) is 0 Å². The van der Waals surface area contributed by atoms with E-state index in [9.17, 15) is 9.90 Å². The lowest BCUT2D eigenvalue weighted by Gasteiger charge is -2.44. The highest BCUT2D eigenvalue weighted by Crippen LogP contribution is 2.70. The van der Waals surface area contributed by atoms with Gasteiger partial charge in [-0.15, -0.1) is 0 Å². The second kappa shape index (κ2) is 2.76. The Labute approximate surface area is 90.5 Å². The highest BCUT2D eigenvalue weighted by molar-refractivity contribution is 5.68. The Morgan fingerprint density at radius 1 is 1.40 bits per heavy atom. The van der Waals surface area contributed by atoms with E-state index in [1.807, 2.05) is 0 Å². The molecule has 0 heterocycles. The zero-order chi connectivity index (χ0) is 11.5. The predicted molar refractivity (Wildman–Crippen MR) is 56.4 cm³/mol. The Morgan fingerprint density at radius 3 is 2.33 bits per heavy atom. The van der Waals surface area contributed by atoms with Crippen LogP contribution in [0.15, 0.2) is 0 Å². The molecule has 0 aromatic carbocycles. The van der Waals surface area contributed by atoms with Crippen molar-refractivity contribution in [1.82, 2.24) is 0 Å². The molecule has 0 saturated heterocycles. The number of hydrogen-bond donors (Lipinski definition) is 2. The molecule has 3 atom stereocenters. The smallest absolute Gasteiger partial charge is 0.306 e. The lowest BCUT2D eigenvalue weighted by Crippen LogP contribution is -2.48. The summed E-state index contributed by atoms with van der Waals surface area (Å²) in [6.45, 7) is 6.40. The number of aliphatic carboxylic acids is 1. The predicted octanol–water partition coefficient (Wildman–Crippen LogP) is 2.04. The van der Waals surface area contributed by atoms with Gasteiger partial charge in [0.1, 0.15) is 0 Å². The van der Waals surface area contributed by atoms with Gasteiger partial charge < -0.3 is 10.2 Å². The maximum Gasteiger partial charge on any atom is 0.306 e. The third kappa shape index (κ3) is 1.13. The zero-order valence-corrected chi connectivity index (χ0v) is 9.71. The minimum Gasteiger partial charge on any atom is -0.481 e. The average molecular weight is 212 g/mol. The molecule has 3 heteroatoms. The van der Waals surface area contributed by atoms with Gasteiger partial charge in [0.25, 0.3) is 0 Å². The first-order valence-electron chi connectivity index (χ1n) is 5.67. The second-order valence-corrected chi connectivity index (χ2v) is 6.10. The van der Waals surface area contributed by atoms with Gasteiger partial charge in [-0.1, -0.05) is 20.8 Å². The topological polar surface area (TPSA) is 57.5 Å². The van der Waals surface area contributed by atoms with Crippen molar-refractivity contribution in [2.24, 2.45) is 16.7 Å². The monoisotopic (exact) mass is 212 g/mol. The van der Waals surface area contributed by atoms with Crippen molar-refractivity contribution in [3.05, 3.63) is 0 Å². The van der Waals surface area contributed by atoms with Crippen LogP contribution in [0.25, 0.3) is 0 Å². The van der Waals surface area contributed by atoms with E-state index in [1.54, 1.807) is 0 Å². The van der Waals surface area contributed by atoms with Crippen molar-refractivity contribution in [2.75, 3.05) is 0 Å². The fourth-order valence-corrected chi connectivity index (χ4v) is 3.94. The first-order chi connectivity index (χ1) is 6.73. The summed E-state index contributed by atoms with van der Waals surface area (Å²) in [6, 6.07) is 0. The van der Waals surface area contributed by atoms with Crippen molar-refractivity contribution in [3.8, 4) is 0 Å². The van der Waals surface area contributed by atoms with Crippen LogP contribution < -0.4 is 0 Å². The van der Waals surface area contributed by atoms with E-state index >= 15 is 0 Å². The van der Waals surface area contributed by atoms with Crippen LogP contribution in [0.1, 0.15) is 46.5 Å². The zero-order valence-electron chi connectivity index (χ0n) is 9.71. The largest absolute Gasteiger partial charge is 0.481 e. The number of carboxylic acid groups (broad SMARTS) is 1. The summed E-state index contributed by atoms with van der Waals surface area (Å²) in [5.41, 5.74) is -1.16. The number of rotatable bonds is 2. The van der Waals surface area contributed by atoms with Gasteiger partial charge in [0.15, 0.2) is 0 Å². The fourth-order valence-electron chi connectivity index (χ4n) is 3.94. The first-order valence-corrected chi connectivity index (χ1v) is 5.67. The van der Waals surface area contributed by atoms with Gasteiger partial charge in [-0.3, -0.25) is 4.79 Å². The number of hydrogen-bond acceptors (Lipinski definition) is 2. The Balaban J connectivity index is 2.36. The molecule has 2 bridgehead atoms. The molecule has 0 aromatic heterocycles. The Bertz CT molecular complexity index is 310.